The molecule has 1 unspecified atom stereocenters. The minimum atomic E-state index is -0.883. The Labute approximate surface area is 120 Å². The Bertz CT molecular complexity index is 577. The molecular formula is C14H15BrO4. The molecule has 1 aromatic heterocycles. The van der Waals surface area contributed by atoms with Crippen LogP contribution in [-0.2, 0) is 0 Å². The molecular weight excluding hydrogens is 312 g/mol. The van der Waals surface area contributed by atoms with Gasteiger partial charge in [-0.25, -0.2) is 0 Å². The number of furan rings is 1. The number of aliphatic hydroxyl groups excluding tert-OH is 1. The summed E-state index contributed by atoms with van der Waals surface area (Å²) in [5.41, 5.74) is 0.615. The molecule has 2 rings (SSSR count). The second-order valence-corrected chi connectivity index (χ2v) is 4.85. The summed E-state index contributed by atoms with van der Waals surface area (Å²) < 4.78 is 16.6. The Morgan fingerprint density at radius 3 is 2.42 bits per heavy atom. The molecule has 2 aromatic rings. The molecule has 102 valence electrons. The summed E-state index contributed by atoms with van der Waals surface area (Å²) in [5, 5.41) is 10.4. The van der Waals surface area contributed by atoms with Crippen molar-refractivity contribution in [1.82, 2.24) is 0 Å². The molecule has 0 amide bonds. The SMILES string of the molecule is COc1ccc(C(O)c2ccc(C)o2)c(OC)c1Br. The number of aryl methyl sites for hydroxylation is 1. The molecule has 0 saturated carbocycles. The third kappa shape index (κ3) is 2.62. The van der Waals surface area contributed by atoms with Crippen LogP contribution in [0.15, 0.2) is 33.2 Å². The molecule has 19 heavy (non-hydrogen) atoms. The average molecular weight is 327 g/mol. The monoisotopic (exact) mass is 326 g/mol. The molecule has 1 heterocycles. The Balaban J connectivity index is 2.47. The largest absolute Gasteiger partial charge is 0.495 e. The van der Waals surface area contributed by atoms with E-state index in [9.17, 15) is 5.11 Å². The first kappa shape index (κ1) is 14.0. The fourth-order valence-corrected chi connectivity index (χ4v) is 2.57. The quantitative estimate of drug-likeness (QED) is 0.934. The third-order valence-electron chi connectivity index (χ3n) is 2.84. The van der Waals surface area contributed by atoms with Gasteiger partial charge in [-0.3, -0.25) is 0 Å². The minimum Gasteiger partial charge on any atom is -0.495 e. The summed E-state index contributed by atoms with van der Waals surface area (Å²) in [6.07, 6.45) is -0.883. The summed E-state index contributed by atoms with van der Waals surface area (Å²) in [4.78, 5) is 0. The van der Waals surface area contributed by atoms with E-state index in [-0.39, 0.29) is 0 Å². The summed E-state index contributed by atoms with van der Waals surface area (Å²) in [6, 6.07) is 7.08. The van der Waals surface area contributed by atoms with E-state index in [1.165, 1.54) is 0 Å². The van der Waals surface area contributed by atoms with Crippen molar-refractivity contribution in [3.63, 3.8) is 0 Å². The zero-order valence-corrected chi connectivity index (χ0v) is 12.5. The van der Waals surface area contributed by atoms with Crippen LogP contribution in [0, 0.1) is 6.92 Å². The molecule has 5 heteroatoms. The number of halogens is 1. The topological polar surface area (TPSA) is 51.8 Å². The Kier molecular flexibility index (Phi) is 4.17. The van der Waals surface area contributed by atoms with Crippen LogP contribution in [0.1, 0.15) is 23.2 Å². The van der Waals surface area contributed by atoms with Gasteiger partial charge in [0.25, 0.3) is 0 Å². The van der Waals surface area contributed by atoms with E-state index in [0.717, 1.165) is 5.76 Å². The van der Waals surface area contributed by atoms with Gasteiger partial charge in [0.1, 0.15) is 33.6 Å². The zero-order chi connectivity index (χ0) is 14.0. The number of benzene rings is 1. The van der Waals surface area contributed by atoms with E-state index >= 15 is 0 Å². The van der Waals surface area contributed by atoms with Gasteiger partial charge in [-0.15, -0.1) is 0 Å². The van der Waals surface area contributed by atoms with E-state index in [2.05, 4.69) is 15.9 Å². The molecule has 0 fully saturated rings. The predicted molar refractivity (Wildman–Crippen MR) is 74.8 cm³/mol. The van der Waals surface area contributed by atoms with E-state index < -0.39 is 6.10 Å². The Hall–Kier alpha value is -1.46. The lowest BCUT2D eigenvalue weighted by atomic mass is 10.1. The van der Waals surface area contributed by atoms with E-state index in [0.29, 0.717) is 27.3 Å². The zero-order valence-electron chi connectivity index (χ0n) is 10.9. The summed E-state index contributed by atoms with van der Waals surface area (Å²) in [6.45, 7) is 1.83. The van der Waals surface area contributed by atoms with Crippen molar-refractivity contribution in [1.29, 1.82) is 0 Å². The third-order valence-corrected chi connectivity index (χ3v) is 3.59. The smallest absolute Gasteiger partial charge is 0.143 e. The van der Waals surface area contributed by atoms with E-state index in [4.69, 9.17) is 13.9 Å². The number of hydrogen-bond donors (Lipinski definition) is 1. The maximum atomic E-state index is 10.4. The molecule has 0 bridgehead atoms. The Morgan fingerprint density at radius 2 is 1.89 bits per heavy atom. The fourth-order valence-electron chi connectivity index (χ4n) is 1.89. The maximum absolute atomic E-state index is 10.4. The van der Waals surface area contributed by atoms with Crippen molar-refractivity contribution in [3.8, 4) is 11.5 Å². The molecule has 0 aliphatic heterocycles. The van der Waals surface area contributed by atoms with Gasteiger partial charge in [-0.2, -0.15) is 0 Å². The molecule has 0 aliphatic carbocycles. The van der Waals surface area contributed by atoms with Gasteiger partial charge in [0.15, 0.2) is 0 Å². The molecule has 0 saturated heterocycles. The summed E-state index contributed by atoms with van der Waals surface area (Å²) >= 11 is 3.41. The second kappa shape index (κ2) is 5.67. The molecule has 0 spiro atoms. The standard InChI is InChI=1S/C14H15BrO4/c1-8-4-6-11(19-8)13(16)9-5-7-10(17-2)12(15)14(9)18-3/h4-7,13,16H,1-3H3. The fraction of sp³-hybridized carbons (Fsp3) is 0.286. The van der Waals surface area contributed by atoms with Gasteiger partial charge >= 0.3 is 0 Å². The van der Waals surface area contributed by atoms with E-state index in [1.54, 1.807) is 32.4 Å². The first-order valence-corrected chi connectivity index (χ1v) is 6.52. The van der Waals surface area contributed by atoms with Crippen molar-refractivity contribution in [2.24, 2.45) is 0 Å². The van der Waals surface area contributed by atoms with Crippen molar-refractivity contribution in [2.45, 2.75) is 13.0 Å². The van der Waals surface area contributed by atoms with Crippen molar-refractivity contribution in [2.75, 3.05) is 14.2 Å². The van der Waals surface area contributed by atoms with Crippen LogP contribution in [0.5, 0.6) is 11.5 Å². The molecule has 1 N–H and O–H groups in total. The molecule has 0 aliphatic rings. The number of methoxy groups -OCH3 is 2. The van der Waals surface area contributed by atoms with Crippen LogP contribution >= 0.6 is 15.9 Å². The van der Waals surface area contributed by atoms with Crippen LogP contribution < -0.4 is 9.47 Å². The minimum absolute atomic E-state index is 0.480. The lowest BCUT2D eigenvalue weighted by Gasteiger charge is -2.16. The van der Waals surface area contributed by atoms with Gasteiger partial charge in [-0.05, 0) is 47.1 Å². The van der Waals surface area contributed by atoms with Gasteiger partial charge < -0.3 is 19.0 Å². The van der Waals surface area contributed by atoms with Crippen LogP contribution in [0.2, 0.25) is 0 Å². The maximum Gasteiger partial charge on any atom is 0.143 e. The molecule has 1 aromatic carbocycles. The highest BCUT2D eigenvalue weighted by Crippen LogP contribution is 2.41. The van der Waals surface area contributed by atoms with Crippen molar-refractivity contribution >= 4 is 15.9 Å². The second-order valence-electron chi connectivity index (χ2n) is 4.06. The van der Waals surface area contributed by atoms with Crippen LogP contribution in [0.3, 0.4) is 0 Å². The number of rotatable bonds is 4. The first-order chi connectivity index (χ1) is 9.08. The number of ether oxygens (including phenoxy) is 2. The van der Waals surface area contributed by atoms with Gasteiger partial charge in [0, 0.05) is 5.56 Å². The average Bonchev–Trinajstić information content (AvgIpc) is 2.84. The van der Waals surface area contributed by atoms with Crippen molar-refractivity contribution < 1.29 is 19.0 Å². The lowest BCUT2D eigenvalue weighted by molar-refractivity contribution is 0.183. The molecule has 0 radical (unpaired) electrons. The normalized spacial score (nSPS) is 12.3. The highest BCUT2D eigenvalue weighted by atomic mass is 79.9. The van der Waals surface area contributed by atoms with Gasteiger partial charge in [0.05, 0.1) is 14.2 Å². The highest BCUT2D eigenvalue weighted by molar-refractivity contribution is 9.10. The van der Waals surface area contributed by atoms with Crippen LogP contribution in [0.4, 0.5) is 0 Å². The van der Waals surface area contributed by atoms with Crippen molar-refractivity contribution in [3.05, 3.63) is 45.8 Å². The molecule has 4 nitrogen and oxygen atoms in total. The highest BCUT2D eigenvalue weighted by Gasteiger charge is 2.22. The van der Waals surface area contributed by atoms with E-state index in [1.807, 2.05) is 13.0 Å². The van der Waals surface area contributed by atoms with Crippen LogP contribution in [-0.4, -0.2) is 19.3 Å². The summed E-state index contributed by atoms with van der Waals surface area (Å²) in [7, 11) is 3.12. The van der Waals surface area contributed by atoms with Crippen LogP contribution in [0.25, 0.3) is 0 Å². The Morgan fingerprint density at radius 1 is 1.16 bits per heavy atom. The lowest BCUT2D eigenvalue weighted by Crippen LogP contribution is -2.02. The predicted octanol–water partition coefficient (Wildman–Crippen LogP) is 3.45. The molecule has 1 atom stereocenters. The summed E-state index contributed by atoms with van der Waals surface area (Å²) in [5.74, 6) is 2.40. The van der Waals surface area contributed by atoms with Gasteiger partial charge in [0.2, 0.25) is 0 Å². The first-order valence-electron chi connectivity index (χ1n) is 5.73. The number of aliphatic hydroxyl groups is 1. The van der Waals surface area contributed by atoms with Gasteiger partial charge in [-0.1, -0.05) is 0 Å². The number of hydrogen-bond acceptors (Lipinski definition) is 4.